The summed E-state index contributed by atoms with van der Waals surface area (Å²) in [6, 6.07) is 2.64. The summed E-state index contributed by atoms with van der Waals surface area (Å²) in [4.78, 5) is 26.6. The van der Waals surface area contributed by atoms with Crippen LogP contribution in [0.3, 0.4) is 0 Å². The maximum atomic E-state index is 11.8. The first-order valence-electron chi connectivity index (χ1n) is 4.44. The molecule has 1 aromatic carbocycles. The second-order valence-electron chi connectivity index (χ2n) is 3.13. The van der Waals surface area contributed by atoms with Crippen LogP contribution in [0.25, 0.3) is 0 Å². The molecule has 8 heteroatoms. The van der Waals surface area contributed by atoms with Gasteiger partial charge >= 0.3 is 0 Å². The molecular weight excluding hydrogens is 294 g/mol. The van der Waals surface area contributed by atoms with Crippen molar-refractivity contribution in [3.8, 4) is 0 Å². The number of halogens is 1. The molecule has 2 N–H and O–H groups in total. The van der Waals surface area contributed by atoms with Gasteiger partial charge in [-0.25, -0.2) is 5.06 Å². The highest BCUT2D eigenvalue weighted by Gasteiger charge is 2.23. The fourth-order valence-electron chi connectivity index (χ4n) is 1.18. The highest BCUT2D eigenvalue weighted by atomic mass is 79.9. The van der Waals surface area contributed by atoms with Gasteiger partial charge in [-0.1, -0.05) is 15.9 Å². The van der Waals surface area contributed by atoms with Gasteiger partial charge in [-0.05, 0) is 6.07 Å². The van der Waals surface area contributed by atoms with Gasteiger partial charge in [0.2, 0.25) is 0 Å². The standard InChI is InChI=1S/C9H10BrN3O4/c1-12(17-2)9(14)6-3-5(10)4-7(8(6)11)13(15)16/h3-4H,11H2,1-2H3. The summed E-state index contributed by atoms with van der Waals surface area (Å²) in [7, 11) is 2.69. The minimum Gasteiger partial charge on any atom is -0.393 e. The number of nitrogens with two attached hydrogens (primary N) is 1. The van der Waals surface area contributed by atoms with Crippen molar-refractivity contribution in [3.05, 3.63) is 32.3 Å². The van der Waals surface area contributed by atoms with Crippen LogP contribution in [-0.4, -0.2) is 30.1 Å². The van der Waals surface area contributed by atoms with Crippen LogP contribution < -0.4 is 5.73 Å². The Morgan fingerprint density at radius 2 is 2.18 bits per heavy atom. The molecule has 92 valence electrons. The van der Waals surface area contributed by atoms with Gasteiger partial charge in [0.1, 0.15) is 5.69 Å². The van der Waals surface area contributed by atoms with Crippen LogP contribution in [0.15, 0.2) is 16.6 Å². The van der Waals surface area contributed by atoms with E-state index in [1.54, 1.807) is 0 Å². The number of nitro groups is 1. The first-order chi connectivity index (χ1) is 7.88. The van der Waals surface area contributed by atoms with Crippen LogP contribution in [0.5, 0.6) is 0 Å². The molecule has 0 spiro atoms. The lowest BCUT2D eigenvalue weighted by Crippen LogP contribution is -2.26. The average molecular weight is 304 g/mol. The number of carbonyl (C=O) groups is 1. The summed E-state index contributed by atoms with van der Waals surface area (Å²) < 4.78 is 0.395. The van der Waals surface area contributed by atoms with Gasteiger partial charge in [0, 0.05) is 17.6 Å². The number of hydrogen-bond acceptors (Lipinski definition) is 5. The van der Waals surface area contributed by atoms with Crippen molar-refractivity contribution in [1.29, 1.82) is 0 Å². The first-order valence-corrected chi connectivity index (χ1v) is 5.23. The number of benzene rings is 1. The zero-order valence-corrected chi connectivity index (χ0v) is 10.7. The van der Waals surface area contributed by atoms with Gasteiger partial charge in [-0.15, -0.1) is 0 Å². The van der Waals surface area contributed by atoms with E-state index in [1.165, 1.54) is 26.3 Å². The van der Waals surface area contributed by atoms with E-state index in [4.69, 9.17) is 10.6 Å². The van der Waals surface area contributed by atoms with Crippen LogP contribution in [0.2, 0.25) is 0 Å². The molecule has 0 unspecified atom stereocenters. The number of hydroxylamine groups is 2. The van der Waals surface area contributed by atoms with E-state index < -0.39 is 10.8 Å². The molecular formula is C9H10BrN3O4. The summed E-state index contributed by atoms with van der Waals surface area (Å²) in [5.74, 6) is -0.561. The zero-order valence-electron chi connectivity index (χ0n) is 9.14. The molecule has 0 radical (unpaired) electrons. The zero-order chi connectivity index (χ0) is 13.2. The van der Waals surface area contributed by atoms with Gasteiger partial charge < -0.3 is 5.73 Å². The van der Waals surface area contributed by atoms with Crippen molar-refractivity contribution >= 4 is 33.2 Å². The normalized spacial score (nSPS) is 10.1. The highest BCUT2D eigenvalue weighted by molar-refractivity contribution is 9.10. The molecule has 1 rings (SSSR count). The van der Waals surface area contributed by atoms with Gasteiger partial charge in [0.05, 0.1) is 17.6 Å². The summed E-state index contributed by atoms with van der Waals surface area (Å²) in [6.07, 6.45) is 0. The molecule has 0 fully saturated rings. The molecule has 0 aliphatic carbocycles. The number of anilines is 1. The van der Waals surface area contributed by atoms with Crippen LogP contribution in [-0.2, 0) is 4.84 Å². The number of carbonyl (C=O) groups excluding carboxylic acids is 1. The van der Waals surface area contributed by atoms with Gasteiger partial charge in [-0.3, -0.25) is 19.7 Å². The number of hydrogen-bond donors (Lipinski definition) is 1. The van der Waals surface area contributed by atoms with Crippen molar-refractivity contribution in [1.82, 2.24) is 5.06 Å². The molecule has 0 heterocycles. The third-order valence-corrected chi connectivity index (χ3v) is 2.57. The lowest BCUT2D eigenvalue weighted by Gasteiger charge is -2.15. The minimum absolute atomic E-state index is 0.00965. The third kappa shape index (κ3) is 2.71. The molecule has 0 aromatic heterocycles. The number of nitrogen functional groups attached to an aromatic ring is 1. The summed E-state index contributed by atoms with van der Waals surface area (Å²) >= 11 is 3.08. The van der Waals surface area contributed by atoms with Crippen LogP contribution in [0, 0.1) is 10.1 Å². The van der Waals surface area contributed by atoms with Crippen molar-refractivity contribution in [2.45, 2.75) is 0 Å². The van der Waals surface area contributed by atoms with Gasteiger partial charge in [0.25, 0.3) is 11.6 Å². The largest absolute Gasteiger partial charge is 0.393 e. The lowest BCUT2D eigenvalue weighted by atomic mass is 10.1. The molecule has 1 aromatic rings. The third-order valence-electron chi connectivity index (χ3n) is 2.11. The Morgan fingerprint density at radius 3 is 2.65 bits per heavy atom. The van der Waals surface area contributed by atoms with Gasteiger partial charge in [-0.2, -0.15) is 0 Å². The van der Waals surface area contributed by atoms with E-state index >= 15 is 0 Å². The molecule has 0 aliphatic heterocycles. The van der Waals surface area contributed by atoms with Crippen molar-refractivity contribution in [2.75, 3.05) is 19.9 Å². The van der Waals surface area contributed by atoms with E-state index in [0.29, 0.717) is 4.47 Å². The summed E-state index contributed by atoms with van der Waals surface area (Å²) in [5, 5.41) is 11.7. The Labute approximate surface area is 105 Å². The Balaban J connectivity index is 3.34. The number of nitro benzene ring substituents is 1. The molecule has 0 atom stereocenters. The van der Waals surface area contributed by atoms with E-state index in [9.17, 15) is 14.9 Å². The molecule has 0 aliphatic rings. The molecule has 17 heavy (non-hydrogen) atoms. The van der Waals surface area contributed by atoms with Crippen LogP contribution >= 0.6 is 15.9 Å². The average Bonchev–Trinajstić information content (AvgIpc) is 2.29. The Bertz CT molecular complexity index is 478. The fraction of sp³-hybridized carbons (Fsp3) is 0.222. The van der Waals surface area contributed by atoms with Crippen molar-refractivity contribution < 1.29 is 14.6 Å². The predicted molar refractivity (Wildman–Crippen MR) is 64.3 cm³/mol. The molecule has 0 bridgehead atoms. The fourth-order valence-corrected chi connectivity index (χ4v) is 1.63. The molecule has 1 amide bonds. The quantitative estimate of drug-likeness (QED) is 0.519. The summed E-state index contributed by atoms with van der Waals surface area (Å²) in [6.45, 7) is 0. The number of rotatable bonds is 3. The Morgan fingerprint density at radius 1 is 1.59 bits per heavy atom. The van der Waals surface area contributed by atoms with Crippen LogP contribution in [0.1, 0.15) is 10.4 Å². The Kier molecular flexibility index (Phi) is 4.02. The summed E-state index contributed by atoms with van der Waals surface area (Å²) in [5.41, 5.74) is 5.08. The predicted octanol–water partition coefficient (Wildman–Crippen LogP) is 1.57. The smallest absolute Gasteiger partial charge is 0.294 e. The van der Waals surface area contributed by atoms with Crippen molar-refractivity contribution in [3.63, 3.8) is 0 Å². The van der Waals surface area contributed by atoms with Crippen LogP contribution in [0.4, 0.5) is 11.4 Å². The molecule has 0 saturated heterocycles. The first kappa shape index (κ1) is 13.4. The second-order valence-corrected chi connectivity index (χ2v) is 4.04. The number of amides is 1. The topological polar surface area (TPSA) is 98.7 Å². The second kappa shape index (κ2) is 5.11. The van der Waals surface area contributed by atoms with E-state index in [1.807, 2.05) is 0 Å². The lowest BCUT2D eigenvalue weighted by molar-refractivity contribution is -0.384. The Hall–Kier alpha value is -1.67. The van der Waals surface area contributed by atoms with E-state index in [2.05, 4.69) is 15.9 Å². The number of nitrogens with zero attached hydrogens (tertiary/aromatic N) is 2. The SMILES string of the molecule is CON(C)C(=O)c1cc(Br)cc([N+](=O)[O-])c1N. The molecule has 0 saturated carbocycles. The monoisotopic (exact) mass is 303 g/mol. The maximum absolute atomic E-state index is 11.8. The molecule has 7 nitrogen and oxygen atoms in total. The maximum Gasteiger partial charge on any atom is 0.294 e. The highest BCUT2D eigenvalue weighted by Crippen LogP contribution is 2.30. The van der Waals surface area contributed by atoms with Crippen molar-refractivity contribution in [2.24, 2.45) is 0 Å². The minimum atomic E-state index is -0.649. The van der Waals surface area contributed by atoms with E-state index in [0.717, 1.165) is 5.06 Å². The van der Waals surface area contributed by atoms with Gasteiger partial charge in [0.15, 0.2) is 0 Å². The van der Waals surface area contributed by atoms with E-state index in [-0.39, 0.29) is 16.9 Å².